The van der Waals surface area contributed by atoms with Crippen LogP contribution in [-0.4, -0.2) is 12.1 Å². The number of benzene rings is 3. The standard InChI is InChI=1S/C25H22F3NO/c1-2-19(17-18-9-5-3-6-10-18)23(20-11-7-4-8-12-20)21-13-15-22(16-14-21)29-24(30)25(26,27)28/h3-16H,2,17H2,1H3,(H,29,30)/b23-19-. The molecule has 0 aromatic heterocycles. The molecule has 5 heteroatoms. The lowest BCUT2D eigenvalue weighted by Gasteiger charge is -2.17. The van der Waals surface area contributed by atoms with E-state index in [4.69, 9.17) is 0 Å². The van der Waals surface area contributed by atoms with Crippen molar-refractivity contribution in [3.8, 4) is 0 Å². The number of hydrogen-bond donors (Lipinski definition) is 1. The van der Waals surface area contributed by atoms with Crippen LogP contribution in [0.4, 0.5) is 18.9 Å². The van der Waals surface area contributed by atoms with Crippen molar-refractivity contribution in [3.63, 3.8) is 0 Å². The van der Waals surface area contributed by atoms with Gasteiger partial charge >= 0.3 is 12.1 Å². The number of alkyl halides is 3. The highest BCUT2D eigenvalue weighted by Crippen LogP contribution is 2.31. The van der Waals surface area contributed by atoms with E-state index >= 15 is 0 Å². The molecule has 3 aromatic rings. The van der Waals surface area contributed by atoms with Gasteiger partial charge in [0.25, 0.3) is 0 Å². The highest BCUT2D eigenvalue weighted by Gasteiger charge is 2.38. The highest BCUT2D eigenvalue weighted by molar-refractivity contribution is 5.95. The molecular weight excluding hydrogens is 387 g/mol. The first-order valence-electron chi connectivity index (χ1n) is 9.68. The van der Waals surface area contributed by atoms with Crippen LogP contribution in [-0.2, 0) is 11.2 Å². The smallest absolute Gasteiger partial charge is 0.318 e. The third kappa shape index (κ3) is 5.38. The van der Waals surface area contributed by atoms with E-state index in [1.54, 1.807) is 12.1 Å². The maximum atomic E-state index is 12.5. The number of rotatable bonds is 6. The zero-order valence-electron chi connectivity index (χ0n) is 16.5. The third-order valence-corrected chi connectivity index (χ3v) is 4.79. The Morgan fingerprint density at radius 1 is 0.800 bits per heavy atom. The van der Waals surface area contributed by atoms with Crippen molar-refractivity contribution in [1.29, 1.82) is 0 Å². The van der Waals surface area contributed by atoms with Gasteiger partial charge in [-0.3, -0.25) is 4.79 Å². The molecule has 0 unspecified atom stereocenters. The van der Waals surface area contributed by atoms with E-state index in [1.807, 2.05) is 53.8 Å². The minimum Gasteiger partial charge on any atom is -0.318 e. The van der Waals surface area contributed by atoms with Gasteiger partial charge < -0.3 is 5.32 Å². The molecule has 0 heterocycles. The number of anilines is 1. The van der Waals surface area contributed by atoms with E-state index in [9.17, 15) is 18.0 Å². The Morgan fingerprint density at radius 3 is 1.87 bits per heavy atom. The molecule has 3 rings (SSSR count). The number of carbonyl (C=O) groups is 1. The lowest BCUT2D eigenvalue weighted by atomic mass is 9.88. The predicted octanol–water partition coefficient (Wildman–Crippen LogP) is 6.64. The van der Waals surface area contributed by atoms with E-state index in [0.717, 1.165) is 29.5 Å². The normalized spacial score (nSPS) is 12.3. The van der Waals surface area contributed by atoms with Crippen molar-refractivity contribution < 1.29 is 18.0 Å². The second-order valence-electron chi connectivity index (χ2n) is 6.89. The van der Waals surface area contributed by atoms with Crippen LogP contribution in [0.2, 0.25) is 0 Å². The van der Waals surface area contributed by atoms with Crippen LogP contribution in [0.25, 0.3) is 5.57 Å². The van der Waals surface area contributed by atoms with Crippen molar-refractivity contribution in [2.24, 2.45) is 0 Å². The summed E-state index contributed by atoms with van der Waals surface area (Å²) in [7, 11) is 0. The van der Waals surface area contributed by atoms with Gasteiger partial charge in [-0.15, -0.1) is 0 Å². The Kier molecular flexibility index (Phi) is 6.72. The van der Waals surface area contributed by atoms with E-state index < -0.39 is 12.1 Å². The van der Waals surface area contributed by atoms with Crippen LogP contribution in [0.1, 0.15) is 30.0 Å². The quantitative estimate of drug-likeness (QED) is 0.486. The van der Waals surface area contributed by atoms with Gasteiger partial charge in [-0.1, -0.05) is 85.3 Å². The molecule has 0 saturated carbocycles. The molecule has 0 aliphatic carbocycles. The SMILES string of the molecule is CC/C(Cc1ccccc1)=C(\c1ccccc1)c1ccc(NC(=O)C(F)(F)F)cc1. The zero-order chi connectivity index (χ0) is 21.6. The molecule has 0 fully saturated rings. The molecule has 30 heavy (non-hydrogen) atoms. The summed E-state index contributed by atoms with van der Waals surface area (Å²) < 4.78 is 37.5. The van der Waals surface area contributed by atoms with Gasteiger partial charge in [0.05, 0.1) is 0 Å². The molecule has 0 saturated heterocycles. The van der Waals surface area contributed by atoms with Gasteiger partial charge in [0.1, 0.15) is 0 Å². The van der Waals surface area contributed by atoms with Crippen molar-refractivity contribution in [1.82, 2.24) is 0 Å². The average Bonchev–Trinajstić information content (AvgIpc) is 2.75. The molecule has 0 bridgehead atoms. The van der Waals surface area contributed by atoms with Gasteiger partial charge in [0.2, 0.25) is 0 Å². The van der Waals surface area contributed by atoms with Crippen molar-refractivity contribution in [2.75, 3.05) is 5.32 Å². The Labute approximate surface area is 174 Å². The number of allylic oxidation sites excluding steroid dienone is 1. The largest absolute Gasteiger partial charge is 0.471 e. The topological polar surface area (TPSA) is 29.1 Å². The lowest BCUT2D eigenvalue weighted by molar-refractivity contribution is -0.167. The predicted molar refractivity (Wildman–Crippen MR) is 114 cm³/mol. The maximum absolute atomic E-state index is 12.5. The summed E-state index contributed by atoms with van der Waals surface area (Å²) in [6.07, 6.45) is -3.32. The summed E-state index contributed by atoms with van der Waals surface area (Å²) >= 11 is 0. The van der Waals surface area contributed by atoms with Gasteiger partial charge in [0, 0.05) is 5.69 Å². The molecule has 0 aliphatic heterocycles. The van der Waals surface area contributed by atoms with Crippen LogP contribution in [0.15, 0.2) is 90.5 Å². The second-order valence-corrected chi connectivity index (χ2v) is 6.89. The number of nitrogens with one attached hydrogen (secondary N) is 1. The monoisotopic (exact) mass is 409 g/mol. The highest BCUT2D eigenvalue weighted by atomic mass is 19.4. The fourth-order valence-electron chi connectivity index (χ4n) is 3.33. The molecule has 0 atom stereocenters. The first-order chi connectivity index (χ1) is 14.4. The Bertz CT molecular complexity index is 1010. The summed E-state index contributed by atoms with van der Waals surface area (Å²) in [5, 5.41) is 1.89. The third-order valence-electron chi connectivity index (χ3n) is 4.79. The molecule has 154 valence electrons. The number of hydrogen-bond acceptors (Lipinski definition) is 1. The van der Waals surface area contributed by atoms with E-state index in [2.05, 4.69) is 19.1 Å². The Morgan fingerprint density at radius 2 is 1.33 bits per heavy atom. The van der Waals surface area contributed by atoms with Crippen LogP contribution < -0.4 is 5.32 Å². The van der Waals surface area contributed by atoms with Gasteiger partial charge in [-0.05, 0) is 47.2 Å². The minimum atomic E-state index is -4.92. The van der Waals surface area contributed by atoms with E-state index in [1.165, 1.54) is 23.3 Å². The summed E-state index contributed by atoms with van der Waals surface area (Å²) in [5.74, 6) is -1.98. The van der Waals surface area contributed by atoms with Crippen LogP contribution >= 0.6 is 0 Å². The molecule has 1 N–H and O–H groups in total. The molecule has 1 amide bonds. The minimum absolute atomic E-state index is 0.106. The fraction of sp³-hybridized carbons (Fsp3) is 0.160. The van der Waals surface area contributed by atoms with Crippen molar-refractivity contribution in [3.05, 3.63) is 107 Å². The van der Waals surface area contributed by atoms with Crippen LogP contribution in [0, 0.1) is 0 Å². The maximum Gasteiger partial charge on any atom is 0.471 e. The summed E-state index contributed by atoms with van der Waals surface area (Å²) in [6, 6.07) is 26.5. The summed E-state index contributed by atoms with van der Waals surface area (Å²) in [6.45, 7) is 2.10. The number of halogens is 3. The lowest BCUT2D eigenvalue weighted by Crippen LogP contribution is -2.29. The molecule has 0 radical (unpaired) electrons. The molecular formula is C25H22F3NO. The molecule has 0 aliphatic rings. The summed E-state index contributed by atoms with van der Waals surface area (Å²) in [4.78, 5) is 11.2. The number of amides is 1. The second kappa shape index (κ2) is 9.44. The van der Waals surface area contributed by atoms with Crippen molar-refractivity contribution in [2.45, 2.75) is 25.9 Å². The average molecular weight is 409 g/mol. The van der Waals surface area contributed by atoms with Crippen LogP contribution in [0.3, 0.4) is 0 Å². The fourth-order valence-corrected chi connectivity index (χ4v) is 3.33. The van der Waals surface area contributed by atoms with Gasteiger partial charge in [-0.25, -0.2) is 0 Å². The molecule has 0 spiro atoms. The molecule has 2 nitrogen and oxygen atoms in total. The Hall–Kier alpha value is -3.34. The van der Waals surface area contributed by atoms with Crippen LogP contribution in [0.5, 0.6) is 0 Å². The van der Waals surface area contributed by atoms with Gasteiger partial charge in [-0.2, -0.15) is 13.2 Å². The van der Waals surface area contributed by atoms with E-state index in [-0.39, 0.29) is 5.69 Å². The first-order valence-corrected chi connectivity index (χ1v) is 9.68. The zero-order valence-corrected chi connectivity index (χ0v) is 16.5. The first kappa shape index (κ1) is 21.4. The van der Waals surface area contributed by atoms with Gasteiger partial charge in [0.15, 0.2) is 0 Å². The number of carbonyl (C=O) groups excluding carboxylic acids is 1. The van der Waals surface area contributed by atoms with Crippen molar-refractivity contribution >= 4 is 17.2 Å². The Balaban J connectivity index is 2.00. The molecule has 3 aromatic carbocycles. The van der Waals surface area contributed by atoms with E-state index in [0.29, 0.717) is 0 Å². The summed E-state index contributed by atoms with van der Waals surface area (Å²) in [5.41, 5.74) is 5.50.